The van der Waals surface area contributed by atoms with Crippen LogP contribution in [0.5, 0.6) is 5.75 Å². The predicted molar refractivity (Wildman–Crippen MR) is 85.6 cm³/mol. The Balaban J connectivity index is 0.00000324. The van der Waals surface area contributed by atoms with E-state index >= 15 is 0 Å². The second kappa shape index (κ2) is 11.1. The number of rotatable bonds is 9. The molecule has 0 heterocycles. The fourth-order valence-corrected chi connectivity index (χ4v) is 2.17. The zero-order valence-corrected chi connectivity index (χ0v) is 13.3. The van der Waals surface area contributed by atoms with Gasteiger partial charge in [0.1, 0.15) is 5.75 Å². The molecule has 0 aromatic heterocycles. The molecule has 0 aliphatic carbocycles. The molecule has 110 valence electrons. The van der Waals surface area contributed by atoms with Crippen molar-refractivity contribution < 1.29 is 4.74 Å². The van der Waals surface area contributed by atoms with Crippen molar-refractivity contribution in [2.75, 3.05) is 13.7 Å². The molecule has 1 atom stereocenters. The molecule has 0 bridgehead atoms. The molecule has 0 saturated heterocycles. The van der Waals surface area contributed by atoms with Gasteiger partial charge in [-0.15, -0.1) is 12.4 Å². The summed E-state index contributed by atoms with van der Waals surface area (Å²) in [5.74, 6) is 0.997. The lowest BCUT2D eigenvalue weighted by Crippen LogP contribution is -2.29. The highest BCUT2D eigenvalue weighted by Crippen LogP contribution is 2.18. The fraction of sp³-hybridized carbons (Fsp3) is 0.625. The first-order chi connectivity index (χ1) is 8.77. The molecule has 0 fully saturated rings. The van der Waals surface area contributed by atoms with Gasteiger partial charge in [0.25, 0.3) is 0 Å². The molecule has 0 amide bonds. The molecule has 2 nitrogen and oxygen atoms in total. The molecule has 1 rings (SSSR count). The van der Waals surface area contributed by atoms with Crippen molar-refractivity contribution in [2.45, 2.75) is 52.0 Å². The molecule has 19 heavy (non-hydrogen) atoms. The van der Waals surface area contributed by atoms with Crippen LogP contribution in [0.2, 0.25) is 0 Å². The number of hydrogen-bond donors (Lipinski definition) is 1. The maximum Gasteiger partial charge on any atom is 0.122 e. The number of ether oxygens (including phenoxy) is 1. The van der Waals surface area contributed by atoms with Gasteiger partial charge in [0.05, 0.1) is 7.11 Å². The van der Waals surface area contributed by atoms with Gasteiger partial charge in [-0.1, -0.05) is 44.4 Å². The molecule has 1 aromatic carbocycles. The van der Waals surface area contributed by atoms with E-state index in [9.17, 15) is 0 Å². The van der Waals surface area contributed by atoms with Crippen LogP contribution in [-0.4, -0.2) is 19.7 Å². The van der Waals surface area contributed by atoms with Crippen molar-refractivity contribution in [3.8, 4) is 5.75 Å². The van der Waals surface area contributed by atoms with Crippen LogP contribution in [-0.2, 0) is 6.42 Å². The number of para-hydroxylation sites is 1. The normalized spacial score (nSPS) is 11.7. The van der Waals surface area contributed by atoms with Crippen molar-refractivity contribution in [3.05, 3.63) is 29.8 Å². The molecule has 0 radical (unpaired) electrons. The van der Waals surface area contributed by atoms with E-state index < -0.39 is 0 Å². The van der Waals surface area contributed by atoms with Gasteiger partial charge >= 0.3 is 0 Å². The first-order valence-corrected chi connectivity index (χ1v) is 7.13. The van der Waals surface area contributed by atoms with Crippen molar-refractivity contribution >= 4 is 12.4 Å². The fourth-order valence-electron chi connectivity index (χ4n) is 2.17. The minimum atomic E-state index is 0. The van der Waals surface area contributed by atoms with Crippen LogP contribution in [0, 0.1) is 0 Å². The number of methoxy groups -OCH3 is 1. The Morgan fingerprint density at radius 2 is 1.89 bits per heavy atom. The summed E-state index contributed by atoms with van der Waals surface area (Å²) >= 11 is 0. The van der Waals surface area contributed by atoms with E-state index in [2.05, 4.69) is 31.3 Å². The van der Waals surface area contributed by atoms with Gasteiger partial charge < -0.3 is 10.1 Å². The standard InChI is InChI=1S/C16H27NO.ClH/c1-4-5-6-9-12-17-14(2)13-15-10-7-8-11-16(15)18-3;/h7-8,10-11,14,17H,4-6,9,12-13H2,1-3H3;1H. The maximum absolute atomic E-state index is 5.38. The second-order valence-electron chi connectivity index (χ2n) is 4.93. The van der Waals surface area contributed by atoms with Crippen LogP contribution >= 0.6 is 12.4 Å². The molecule has 3 heteroatoms. The predicted octanol–water partition coefficient (Wildman–Crippen LogP) is 4.22. The molecule has 1 N–H and O–H groups in total. The molecule has 0 aliphatic rings. The van der Waals surface area contributed by atoms with Crippen molar-refractivity contribution in [1.82, 2.24) is 5.32 Å². The molecule has 0 saturated carbocycles. The highest BCUT2D eigenvalue weighted by atomic mass is 35.5. The number of halogens is 1. The summed E-state index contributed by atoms with van der Waals surface area (Å²) in [6.45, 7) is 5.61. The average molecular weight is 286 g/mol. The lowest BCUT2D eigenvalue weighted by molar-refractivity contribution is 0.405. The first kappa shape index (κ1) is 18.3. The molecule has 1 aromatic rings. The summed E-state index contributed by atoms with van der Waals surface area (Å²) in [7, 11) is 1.74. The first-order valence-electron chi connectivity index (χ1n) is 7.13. The van der Waals surface area contributed by atoms with Crippen molar-refractivity contribution in [2.24, 2.45) is 0 Å². The lowest BCUT2D eigenvalue weighted by Gasteiger charge is -2.15. The minimum Gasteiger partial charge on any atom is -0.496 e. The van der Waals surface area contributed by atoms with Crippen molar-refractivity contribution in [1.29, 1.82) is 0 Å². The van der Waals surface area contributed by atoms with Gasteiger partial charge in [-0.3, -0.25) is 0 Å². The van der Waals surface area contributed by atoms with E-state index in [-0.39, 0.29) is 12.4 Å². The quantitative estimate of drug-likeness (QED) is 0.686. The third-order valence-electron chi connectivity index (χ3n) is 3.24. The van der Waals surface area contributed by atoms with E-state index in [1.165, 1.54) is 31.2 Å². The zero-order valence-electron chi connectivity index (χ0n) is 12.4. The van der Waals surface area contributed by atoms with Crippen molar-refractivity contribution in [3.63, 3.8) is 0 Å². The molecule has 0 spiro atoms. The van der Waals surface area contributed by atoms with Crippen LogP contribution in [0.15, 0.2) is 24.3 Å². The second-order valence-corrected chi connectivity index (χ2v) is 4.93. The zero-order chi connectivity index (χ0) is 13.2. The molecular weight excluding hydrogens is 258 g/mol. The Labute approximate surface area is 124 Å². The SMILES string of the molecule is CCCCCCNC(C)Cc1ccccc1OC.Cl. The maximum atomic E-state index is 5.38. The largest absolute Gasteiger partial charge is 0.496 e. The summed E-state index contributed by atoms with van der Waals surface area (Å²) in [5.41, 5.74) is 1.29. The highest BCUT2D eigenvalue weighted by Gasteiger charge is 2.06. The van der Waals surface area contributed by atoms with Crippen LogP contribution in [0.3, 0.4) is 0 Å². The summed E-state index contributed by atoms with van der Waals surface area (Å²) in [6, 6.07) is 8.77. The monoisotopic (exact) mass is 285 g/mol. The molecule has 0 aliphatic heterocycles. The Kier molecular flexibility index (Phi) is 10.7. The van der Waals surface area contributed by atoms with Crippen LogP contribution < -0.4 is 10.1 Å². The Morgan fingerprint density at radius 3 is 2.58 bits per heavy atom. The van der Waals surface area contributed by atoms with Crippen LogP contribution in [0.1, 0.15) is 45.1 Å². The van der Waals surface area contributed by atoms with Gasteiger partial charge in [-0.05, 0) is 37.9 Å². The van der Waals surface area contributed by atoms with E-state index in [4.69, 9.17) is 4.74 Å². The van der Waals surface area contributed by atoms with E-state index in [0.29, 0.717) is 6.04 Å². The highest BCUT2D eigenvalue weighted by molar-refractivity contribution is 5.85. The minimum absolute atomic E-state index is 0. The smallest absolute Gasteiger partial charge is 0.122 e. The molecular formula is C16H28ClNO. The van der Waals surface area contributed by atoms with Gasteiger partial charge in [-0.2, -0.15) is 0 Å². The summed E-state index contributed by atoms with van der Waals surface area (Å²) in [4.78, 5) is 0. The third-order valence-corrected chi connectivity index (χ3v) is 3.24. The summed E-state index contributed by atoms with van der Waals surface area (Å²) in [6.07, 6.45) is 6.30. The van der Waals surface area contributed by atoms with E-state index in [1.807, 2.05) is 12.1 Å². The Bertz CT molecular complexity index is 330. The third kappa shape index (κ3) is 7.44. The number of nitrogens with one attached hydrogen (secondary N) is 1. The van der Waals surface area contributed by atoms with E-state index in [1.54, 1.807) is 7.11 Å². The number of unbranched alkanes of at least 4 members (excludes halogenated alkanes) is 3. The van der Waals surface area contributed by atoms with Gasteiger partial charge in [-0.25, -0.2) is 0 Å². The van der Waals surface area contributed by atoms with Gasteiger partial charge in [0.2, 0.25) is 0 Å². The summed E-state index contributed by atoms with van der Waals surface area (Å²) in [5, 5.41) is 3.59. The van der Waals surface area contributed by atoms with Crippen LogP contribution in [0.25, 0.3) is 0 Å². The van der Waals surface area contributed by atoms with Gasteiger partial charge in [0, 0.05) is 6.04 Å². The lowest BCUT2D eigenvalue weighted by atomic mass is 10.1. The number of benzene rings is 1. The van der Waals surface area contributed by atoms with Crippen LogP contribution in [0.4, 0.5) is 0 Å². The average Bonchev–Trinajstić information content (AvgIpc) is 2.39. The number of hydrogen-bond acceptors (Lipinski definition) is 2. The molecule has 1 unspecified atom stereocenters. The summed E-state index contributed by atoms with van der Waals surface area (Å²) < 4.78 is 5.38. The Hall–Kier alpha value is -0.730. The van der Waals surface area contributed by atoms with Gasteiger partial charge in [0.15, 0.2) is 0 Å². The van der Waals surface area contributed by atoms with E-state index in [0.717, 1.165) is 18.7 Å². The topological polar surface area (TPSA) is 21.3 Å². The Morgan fingerprint density at radius 1 is 1.16 bits per heavy atom.